The van der Waals surface area contributed by atoms with Crippen LogP contribution in [0.4, 0.5) is 0 Å². The summed E-state index contributed by atoms with van der Waals surface area (Å²) in [6.07, 6.45) is 5.09. The molecule has 0 spiro atoms. The van der Waals surface area contributed by atoms with Gasteiger partial charge >= 0.3 is 0 Å². The molecule has 0 heterocycles. The molecule has 2 heteroatoms. The van der Waals surface area contributed by atoms with Crippen molar-refractivity contribution < 1.29 is 4.74 Å². The van der Waals surface area contributed by atoms with Gasteiger partial charge in [0.15, 0.2) is 0 Å². The van der Waals surface area contributed by atoms with Gasteiger partial charge in [-0.25, -0.2) is 0 Å². The van der Waals surface area contributed by atoms with Crippen molar-refractivity contribution >= 4 is 0 Å². The summed E-state index contributed by atoms with van der Waals surface area (Å²) in [7, 11) is 1.75. The van der Waals surface area contributed by atoms with Gasteiger partial charge in [-0.2, -0.15) is 0 Å². The Bertz CT molecular complexity index is 93.3. The molecule has 1 rings (SSSR count). The maximum Gasteiger partial charge on any atom is 0.0505 e. The van der Waals surface area contributed by atoms with Crippen LogP contribution in [0.3, 0.4) is 0 Å². The average molecular weight is 143 g/mol. The lowest BCUT2D eigenvalue weighted by atomic mass is 9.86. The number of hydrogen-bond acceptors (Lipinski definition) is 2. The van der Waals surface area contributed by atoms with Crippen LogP contribution in [0.15, 0.2) is 0 Å². The third-order valence-corrected chi connectivity index (χ3v) is 2.35. The van der Waals surface area contributed by atoms with Crippen LogP contribution < -0.4 is 5.73 Å². The maximum absolute atomic E-state index is 5.89. The predicted octanol–water partition coefficient (Wildman–Crippen LogP) is 1.15. The SMILES string of the molecule is COC[C@H]1CCCCC1N. The molecule has 1 unspecified atom stereocenters. The van der Waals surface area contributed by atoms with Crippen LogP contribution in [0, 0.1) is 5.92 Å². The second-order valence-corrected chi connectivity index (χ2v) is 3.16. The minimum Gasteiger partial charge on any atom is -0.384 e. The van der Waals surface area contributed by atoms with E-state index in [-0.39, 0.29) is 0 Å². The molecule has 0 aliphatic heterocycles. The highest BCUT2D eigenvalue weighted by Gasteiger charge is 2.20. The third-order valence-electron chi connectivity index (χ3n) is 2.35. The number of ether oxygens (including phenoxy) is 1. The molecule has 1 saturated carbocycles. The Morgan fingerprint density at radius 3 is 2.70 bits per heavy atom. The van der Waals surface area contributed by atoms with Crippen molar-refractivity contribution in [2.24, 2.45) is 11.7 Å². The van der Waals surface area contributed by atoms with Crippen molar-refractivity contribution in [2.75, 3.05) is 13.7 Å². The van der Waals surface area contributed by atoms with Gasteiger partial charge in [0.1, 0.15) is 0 Å². The van der Waals surface area contributed by atoms with Crippen LogP contribution in [0.25, 0.3) is 0 Å². The smallest absolute Gasteiger partial charge is 0.0505 e. The van der Waals surface area contributed by atoms with Crippen molar-refractivity contribution in [1.29, 1.82) is 0 Å². The minimum atomic E-state index is 0.397. The van der Waals surface area contributed by atoms with E-state index in [2.05, 4.69) is 0 Å². The second-order valence-electron chi connectivity index (χ2n) is 3.16. The monoisotopic (exact) mass is 143 g/mol. The highest BCUT2D eigenvalue weighted by molar-refractivity contribution is 4.77. The van der Waals surface area contributed by atoms with Gasteiger partial charge in [0.2, 0.25) is 0 Å². The Morgan fingerprint density at radius 1 is 1.40 bits per heavy atom. The fourth-order valence-electron chi connectivity index (χ4n) is 1.66. The molecule has 0 aromatic rings. The van der Waals surface area contributed by atoms with E-state index in [0.717, 1.165) is 6.61 Å². The van der Waals surface area contributed by atoms with Crippen LogP contribution >= 0.6 is 0 Å². The highest BCUT2D eigenvalue weighted by Crippen LogP contribution is 2.22. The minimum absolute atomic E-state index is 0.397. The van der Waals surface area contributed by atoms with Crippen LogP contribution in [-0.4, -0.2) is 19.8 Å². The molecule has 2 N–H and O–H groups in total. The molecule has 1 aliphatic carbocycles. The molecule has 2 nitrogen and oxygen atoms in total. The summed E-state index contributed by atoms with van der Waals surface area (Å²) in [5, 5.41) is 0. The van der Waals surface area contributed by atoms with Crippen molar-refractivity contribution in [3.63, 3.8) is 0 Å². The first-order valence-electron chi connectivity index (χ1n) is 4.09. The topological polar surface area (TPSA) is 35.2 Å². The normalized spacial score (nSPS) is 34.2. The lowest BCUT2D eigenvalue weighted by Gasteiger charge is -2.27. The fourth-order valence-corrected chi connectivity index (χ4v) is 1.66. The van der Waals surface area contributed by atoms with Crippen LogP contribution in [0.1, 0.15) is 25.7 Å². The lowest BCUT2D eigenvalue weighted by Crippen LogP contribution is -2.35. The van der Waals surface area contributed by atoms with Gasteiger partial charge in [0.25, 0.3) is 0 Å². The average Bonchev–Trinajstić information content (AvgIpc) is 1.94. The van der Waals surface area contributed by atoms with Gasteiger partial charge in [-0.05, 0) is 18.8 Å². The van der Waals surface area contributed by atoms with Crippen LogP contribution in [0.5, 0.6) is 0 Å². The Balaban J connectivity index is 2.25. The standard InChI is InChI=1S/C8H17NO/c1-10-6-7-4-2-3-5-8(7)9/h7-8H,2-6,9H2,1H3/t7-,8?/m1/s1. The van der Waals surface area contributed by atoms with Gasteiger partial charge in [-0.3, -0.25) is 0 Å². The Hall–Kier alpha value is -0.0800. The zero-order valence-corrected chi connectivity index (χ0v) is 6.68. The number of rotatable bonds is 2. The summed E-state index contributed by atoms with van der Waals surface area (Å²) in [5.41, 5.74) is 5.89. The van der Waals surface area contributed by atoms with E-state index in [1.54, 1.807) is 7.11 Å². The molecule has 1 aliphatic rings. The zero-order chi connectivity index (χ0) is 7.40. The van der Waals surface area contributed by atoms with Crippen molar-refractivity contribution in [1.82, 2.24) is 0 Å². The summed E-state index contributed by atoms with van der Waals surface area (Å²) in [5.74, 6) is 0.624. The molecule has 0 aromatic carbocycles. The van der Waals surface area contributed by atoms with E-state index < -0.39 is 0 Å². The molecule has 1 fully saturated rings. The largest absolute Gasteiger partial charge is 0.384 e. The van der Waals surface area contributed by atoms with E-state index in [4.69, 9.17) is 10.5 Å². The first-order chi connectivity index (χ1) is 4.84. The van der Waals surface area contributed by atoms with Crippen LogP contribution in [0.2, 0.25) is 0 Å². The third kappa shape index (κ3) is 1.96. The Kier molecular flexibility index (Phi) is 3.16. The summed E-state index contributed by atoms with van der Waals surface area (Å²) in [6, 6.07) is 0.397. The number of methoxy groups -OCH3 is 1. The lowest BCUT2D eigenvalue weighted by molar-refractivity contribution is 0.119. The van der Waals surface area contributed by atoms with Crippen molar-refractivity contribution in [3.05, 3.63) is 0 Å². The summed E-state index contributed by atoms with van der Waals surface area (Å²) in [6.45, 7) is 0.848. The first kappa shape index (κ1) is 8.02. The highest BCUT2D eigenvalue weighted by atomic mass is 16.5. The molecule has 0 radical (unpaired) electrons. The number of nitrogens with two attached hydrogens (primary N) is 1. The Labute approximate surface area is 62.7 Å². The van der Waals surface area contributed by atoms with E-state index in [1.165, 1.54) is 25.7 Å². The van der Waals surface area contributed by atoms with E-state index in [9.17, 15) is 0 Å². The Morgan fingerprint density at radius 2 is 2.10 bits per heavy atom. The molecule has 60 valence electrons. The van der Waals surface area contributed by atoms with Gasteiger partial charge in [0, 0.05) is 13.2 Å². The maximum atomic E-state index is 5.89. The molecule has 0 aromatic heterocycles. The van der Waals surface area contributed by atoms with Crippen LogP contribution in [-0.2, 0) is 4.74 Å². The van der Waals surface area contributed by atoms with E-state index in [0.29, 0.717) is 12.0 Å². The van der Waals surface area contributed by atoms with Gasteiger partial charge < -0.3 is 10.5 Å². The zero-order valence-electron chi connectivity index (χ0n) is 6.68. The first-order valence-corrected chi connectivity index (χ1v) is 4.09. The summed E-state index contributed by atoms with van der Waals surface area (Å²) in [4.78, 5) is 0. The molecule has 10 heavy (non-hydrogen) atoms. The summed E-state index contributed by atoms with van der Waals surface area (Å²) < 4.78 is 5.07. The number of hydrogen-bond donors (Lipinski definition) is 1. The van der Waals surface area contributed by atoms with Gasteiger partial charge in [-0.1, -0.05) is 12.8 Å². The molecule has 0 bridgehead atoms. The fraction of sp³-hybridized carbons (Fsp3) is 1.00. The van der Waals surface area contributed by atoms with E-state index in [1.807, 2.05) is 0 Å². The summed E-state index contributed by atoms with van der Waals surface area (Å²) >= 11 is 0. The second kappa shape index (κ2) is 3.94. The molecular formula is C8H17NO. The molecule has 0 saturated heterocycles. The van der Waals surface area contributed by atoms with Crippen molar-refractivity contribution in [2.45, 2.75) is 31.7 Å². The predicted molar refractivity (Wildman–Crippen MR) is 41.8 cm³/mol. The molecule has 0 amide bonds. The van der Waals surface area contributed by atoms with Gasteiger partial charge in [-0.15, -0.1) is 0 Å². The van der Waals surface area contributed by atoms with Gasteiger partial charge in [0.05, 0.1) is 6.61 Å². The van der Waals surface area contributed by atoms with E-state index >= 15 is 0 Å². The molecule has 2 atom stereocenters. The molecular weight excluding hydrogens is 126 g/mol. The quantitative estimate of drug-likeness (QED) is 0.629. The van der Waals surface area contributed by atoms with Crippen molar-refractivity contribution in [3.8, 4) is 0 Å².